The van der Waals surface area contributed by atoms with Crippen molar-refractivity contribution in [2.75, 3.05) is 27.1 Å². The molecule has 0 aliphatic heterocycles. The molecule has 2 aromatic carbocycles. The summed E-state index contributed by atoms with van der Waals surface area (Å²) in [7, 11) is 4.58. The lowest BCUT2D eigenvalue weighted by Gasteiger charge is -2.12. The minimum atomic E-state index is -0.0609. The molecule has 1 aromatic heterocycles. The van der Waals surface area contributed by atoms with Gasteiger partial charge in [0.1, 0.15) is 0 Å². The number of carbonyl (C=O) groups is 1. The summed E-state index contributed by atoms with van der Waals surface area (Å²) in [6, 6.07) is 10.1. The fraction of sp³-hybridized carbons (Fsp3) is 0.211. The van der Waals surface area contributed by atoms with Crippen molar-refractivity contribution in [3.05, 3.63) is 47.0 Å². The highest BCUT2D eigenvalue weighted by atomic mass is 35.5. The predicted molar refractivity (Wildman–Crippen MR) is 106 cm³/mol. The molecule has 3 rings (SSSR count). The lowest BCUT2D eigenvalue weighted by Crippen LogP contribution is -2.01. The van der Waals surface area contributed by atoms with Crippen molar-refractivity contribution >= 4 is 29.1 Å². The highest BCUT2D eigenvalue weighted by molar-refractivity contribution is 7.99. The van der Waals surface area contributed by atoms with Gasteiger partial charge in [0.25, 0.3) is 5.22 Å². The number of aromatic nitrogens is 2. The van der Waals surface area contributed by atoms with E-state index in [9.17, 15) is 4.79 Å². The number of thioether (sulfide) groups is 1. The maximum Gasteiger partial charge on any atom is 0.277 e. The molecular weight excluding hydrogens is 404 g/mol. The van der Waals surface area contributed by atoms with E-state index in [0.29, 0.717) is 33.4 Å². The number of rotatable bonds is 8. The number of halogens is 1. The molecule has 0 spiro atoms. The van der Waals surface area contributed by atoms with E-state index in [0.717, 1.165) is 11.8 Å². The minimum absolute atomic E-state index is 0.0609. The predicted octanol–water partition coefficient (Wildman–Crippen LogP) is 4.39. The first-order valence-corrected chi connectivity index (χ1v) is 9.47. The molecule has 3 aromatic rings. The molecule has 0 fully saturated rings. The van der Waals surface area contributed by atoms with E-state index in [1.54, 1.807) is 36.4 Å². The molecular formula is C19H17ClN2O5S. The normalized spacial score (nSPS) is 10.6. The zero-order valence-corrected chi connectivity index (χ0v) is 17.0. The number of benzene rings is 2. The zero-order chi connectivity index (χ0) is 20.1. The second kappa shape index (κ2) is 8.99. The second-order valence-electron chi connectivity index (χ2n) is 5.51. The van der Waals surface area contributed by atoms with Gasteiger partial charge in [0.05, 0.1) is 27.1 Å². The van der Waals surface area contributed by atoms with E-state index in [2.05, 4.69) is 10.2 Å². The number of methoxy groups -OCH3 is 3. The van der Waals surface area contributed by atoms with Crippen LogP contribution in [-0.4, -0.2) is 43.1 Å². The van der Waals surface area contributed by atoms with Crippen molar-refractivity contribution in [1.29, 1.82) is 0 Å². The monoisotopic (exact) mass is 420 g/mol. The molecule has 1 heterocycles. The summed E-state index contributed by atoms with van der Waals surface area (Å²) in [6.45, 7) is 0. The molecule has 0 radical (unpaired) electrons. The first-order chi connectivity index (χ1) is 13.5. The Labute approximate surface area is 171 Å². The van der Waals surface area contributed by atoms with Gasteiger partial charge >= 0.3 is 0 Å². The standard InChI is InChI=1S/C19H17ClN2O5S/c1-24-15-8-12(9-16(25-2)17(15)26-3)18-21-22-19(27-18)28-10-14(23)11-4-6-13(20)7-5-11/h4-9H,10H2,1-3H3. The number of hydrogen-bond acceptors (Lipinski definition) is 8. The van der Waals surface area contributed by atoms with Gasteiger partial charge in [-0.2, -0.15) is 0 Å². The summed E-state index contributed by atoms with van der Waals surface area (Å²) >= 11 is 7.00. The van der Waals surface area contributed by atoms with Crippen LogP contribution in [0.2, 0.25) is 5.02 Å². The van der Waals surface area contributed by atoms with Crippen LogP contribution in [0.5, 0.6) is 17.2 Å². The van der Waals surface area contributed by atoms with Crippen LogP contribution >= 0.6 is 23.4 Å². The van der Waals surface area contributed by atoms with Crippen LogP contribution in [0.25, 0.3) is 11.5 Å². The third-order valence-corrected chi connectivity index (χ3v) is 4.88. The largest absolute Gasteiger partial charge is 0.493 e. The maximum atomic E-state index is 12.2. The van der Waals surface area contributed by atoms with Crippen molar-refractivity contribution in [3.63, 3.8) is 0 Å². The Kier molecular flexibility index (Phi) is 6.43. The van der Waals surface area contributed by atoms with Gasteiger partial charge in [-0.25, -0.2) is 0 Å². The Morgan fingerprint density at radius 2 is 1.68 bits per heavy atom. The molecule has 0 saturated heterocycles. The zero-order valence-electron chi connectivity index (χ0n) is 15.4. The van der Waals surface area contributed by atoms with E-state index < -0.39 is 0 Å². The Bertz CT molecular complexity index is 950. The molecule has 0 amide bonds. The van der Waals surface area contributed by atoms with Gasteiger partial charge in [-0.3, -0.25) is 4.79 Å². The first kappa shape index (κ1) is 20.0. The van der Waals surface area contributed by atoms with Gasteiger partial charge in [-0.05, 0) is 36.4 Å². The lowest BCUT2D eigenvalue weighted by molar-refractivity contribution is 0.102. The summed E-state index contributed by atoms with van der Waals surface area (Å²) in [4.78, 5) is 12.2. The van der Waals surface area contributed by atoms with Gasteiger partial charge < -0.3 is 18.6 Å². The molecule has 0 saturated carbocycles. The van der Waals surface area contributed by atoms with Crippen LogP contribution < -0.4 is 14.2 Å². The number of carbonyl (C=O) groups excluding carboxylic acids is 1. The second-order valence-corrected chi connectivity index (χ2v) is 6.87. The number of ether oxygens (including phenoxy) is 3. The summed E-state index contributed by atoms with van der Waals surface area (Å²) < 4.78 is 21.6. The molecule has 7 nitrogen and oxygen atoms in total. The van der Waals surface area contributed by atoms with Gasteiger partial charge in [0.2, 0.25) is 11.6 Å². The van der Waals surface area contributed by atoms with Crippen LogP contribution in [-0.2, 0) is 0 Å². The van der Waals surface area contributed by atoms with Gasteiger partial charge in [0, 0.05) is 16.1 Å². The Morgan fingerprint density at radius 3 is 2.25 bits per heavy atom. The van der Waals surface area contributed by atoms with Crippen molar-refractivity contribution < 1.29 is 23.4 Å². The highest BCUT2D eigenvalue weighted by Crippen LogP contribution is 2.41. The summed E-state index contributed by atoms with van der Waals surface area (Å²) in [5.74, 6) is 1.80. The molecule has 28 heavy (non-hydrogen) atoms. The van der Waals surface area contributed by atoms with Crippen molar-refractivity contribution in [1.82, 2.24) is 10.2 Å². The number of ketones is 1. The number of hydrogen-bond donors (Lipinski definition) is 0. The lowest BCUT2D eigenvalue weighted by atomic mass is 10.1. The Morgan fingerprint density at radius 1 is 1.04 bits per heavy atom. The SMILES string of the molecule is COc1cc(-c2nnc(SCC(=O)c3ccc(Cl)cc3)o2)cc(OC)c1OC. The Balaban J connectivity index is 1.75. The van der Waals surface area contributed by atoms with Gasteiger partial charge in [-0.1, -0.05) is 23.4 Å². The molecule has 0 unspecified atom stereocenters. The highest BCUT2D eigenvalue weighted by Gasteiger charge is 2.18. The first-order valence-electron chi connectivity index (χ1n) is 8.11. The quantitative estimate of drug-likeness (QED) is 0.392. The summed E-state index contributed by atoms with van der Waals surface area (Å²) in [5, 5.41) is 8.89. The smallest absolute Gasteiger partial charge is 0.277 e. The molecule has 0 N–H and O–H groups in total. The fourth-order valence-corrected chi connectivity index (χ4v) is 3.22. The van der Waals surface area contributed by atoms with E-state index in [1.807, 2.05) is 0 Å². The molecule has 146 valence electrons. The van der Waals surface area contributed by atoms with Crippen molar-refractivity contribution in [2.24, 2.45) is 0 Å². The van der Waals surface area contributed by atoms with Crippen LogP contribution in [0.15, 0.2) is 46.0 Å². The third kappa shape index (κ3) is 4.40. The summed E-state index contributed by atoms with van der Waals surface area (Å²) in [5.41, 5.74) is 1.18. The van der Waals surface area contributed by atoms with Gasteiger partial charge in [-0.15, -0.1) is 10.2 Å². The average molecular weight is 421 g/mol. The molecule has 0 bridgehead atoms. The van der Waals surface area contributed by atoms with E-state index in [4.69, 9.17) is 30.2 Å². The molecule has 0 atom stereocenters. The molecule has 9 heteroatoms. The number of nitrogens with zero attached hydrogens (tertiary/aromatic N) is 2. The molecule has 0 aliphatic rings. The van der Waals surface area contributed by atoms with Crippen molar-refractivity contribution in [3.8, 4) is 28.7 Å². The van der Waals surface area contributed by atoms with E-state index in [-0.39, 0.29) is 22.6 Å². The van der Waals surface area contributed by atoms with E-state index in [1.165, 1.54) is 21.3 Å². The summed E-state index contributed by atoms with van der Waals surface area (Å²) in [6.07, 6.45) is 0. The Hall–Kier alpha value is -2.71. The van der Waals surface area contributed by atoms with Crippen molar-refractivity contribution in [2.45, 2.75) is 5.22 Å². The van der Waals surface area contributed by atoms with Gasteiger partial charge in [0.15, 0.2) is 17.3 Å². The topological polar surface area (TPSA) is 83.7 Å². The maximum absolute atomic E-state index is 12.2. The molecule has 0 aliphatic carbocycles. The fourth-order valence-electron chi connectivity index (χ4n) is 2.44. The third-order valence-electron chi connectivity index (χ3n) is 3.81. The average Bonchev–Trinajstić information content (AvgIpc) is 3.20. The number of Topliss-reactive ketones (excluding diaryl/α,β-unsaturated/α-hetero) is 1. The van der Waals surface area contributed by atoms with E-state index >= 15 is 0 Å². The van der Waals surface area contributed by atoms with Crippen LogP contribution in [0, 0.1) is 0 Å². The van der Waals surface area contributed by atoms with Crippen LogP contribution in [0.3, 0.4) is 0 Å². The minimum Gasteiger partial charge on any atom is -0.493 e. The van der Waals surface area contributed by atoms with Crippen LogP contribution in [0.1, 0.15) is 10.4 Å². The van der Waals surface area contributed by atoms with Crippen LogP contribution in [0.4, 0.5) is 0 Å².